The molecule has 2 nitrogen and oxygen atoms in total. The lowest BCUT2D eigenvalue weighted by molar-refractivity contribution is 0.325. The minimum Gasteiger partial charge on any atom is -0.400 e. The van der Waals surface area contributed by atoms with Crippen LogP contribution in [0.3, 0.4) is 0 Å². The zero-order chi connectivity index (χ0) is 19.2. The Hall–Kier alpha value is -0.860. The monoisotopic (exact) mass is 340 g/mol. The number of rotatable bonds is 4. The highest BCUT2D eigenvalue weighted by Gasteiger charge is 2.14. The van der Waals surface area contributed by atoms with Crippen molar-refractivity contribution in [2.75, 3.05) is 14.2 Å². The summed E-state index contributed by atoms with van der Waals surface area (Å²) in [6, 6.07) is 11.0. The molecule has 1 unspecified atom stereocenters. The molecular weight excluding hydrogens is 296 g/mol. The van der Waals surface area contributed by atoms with Crippen molar-refractivity contribution in [3.63, 3.8) is 0 Å². The van der Waals surface area contributed by atoms with Gasteiger partial charge < -0.3 is 10.2 Å². The van der Waals surface area contributed by atoms with E-state index in [4.69, 9.17) is 10.2 Å². The minimum atomic E-state index is 0.739. The smallest absolute Gasteiger partial charge is 0.0319 e. The zero-order valence-corrected chi connectivity index (χ0v) is 17.4. The molecule has 2 rings (SSSR count). The average Bonchev–Trinajstić information content (AvgIpc) is 2.73. The van der Waals surface area contributed by atoms with Crippen LogP contribution in [0, 0.1) is 5.92 Å². The molecule has 0 spiro atoms. The molecule has 1 saturated carbocycles. The first kappa shape index (κ1) is 28.0. The first-order chi connectivity index (χ1) is 11.9. The highest BCUT2D eigenvalue weighted by Crippen LogP contribution is 2.30. The van der Waals surface area contributed by atoms with Gasteiger partial charge in [-0.15, -0.1) is 0 Å². The Labute approximate surface area is 152 Å². The minimum absolute atomic E-state index is 0.739. The lowest BCUT2D eigenvalue weighted by Gasteiger charge is -2.23. The molecule has 2 heteroatoms. The normalized spacial score (nSPS) is 14.0. The third-order valence-electron chi connectivity index (χ3n) is 4.10. The van der Waals surface area contributed by atoms with Gasteiger partial charge in [0, 0.05) is 14.2 Å². The predicted octanol–water partition coefficient (Wildman–Crippen LogP) is 6.42. The van der Waals surface area contributed by atoms with Crippen LogP contribution in [0.4, 0.5) is 0 Å². The van der Waals surface area contributed by atoms with Gasteiger partial charge in [-0.05, 0) is 30.2 Å². The Morgan fingerprint density at radius 2 is 1.29 bits per heavy atom. The summed E-state index contributed by atoms with van der Waals surface area (Å²) in [5.41, 5.74) is 1.51. The van der Waals surface area contributed by atoms with Crippen molar-refractivity contribution in [2.24, 2.45) is 5.92 Å². The molecule has 0 bridgehead atoms. The Bertz CT molecular complexity index is 292. The van der Waals surface area contributed by atoms with E-state index in [0.717, 1.165) is 26.1 Å². The summed E-state index contributed by atoms with van der Waals surface area (Å²) in [5.74, 6) is 1.77. The fraction of sp³-hybridized carbons (Fsp3) is 0.727. The van der Waals surface area contributed by atoms with Crippen LogP contribution in [0.25, 0.3) is 0 Å². The fourth-order valence-corrected chi connectivity index (χ4v) is 2.91. The van der Waals surface area contributed by atoms with Gasteiger partial charge in [-0.3, -0.25) is 0 Å². The van der Waals surface area contributed by atoms with Crippen molar-refractivity contribution >= 4 is 0 Å². The van der Waals surface area contributed by atoms with E-state index in [1.807, 2.05) is 27.7 Å². The second-order valence-electron chi connectivity index (χ2n) is 5.39. The highest BCUT2D eigenvalue weighted by atomic mass is 16.2. The Morgan fingerprint density at radius 3 is 1.75 bits per heavy atom. The SMILES string of the molecule is CC.CC.CC(CCC1CCCCC1)c1ccccc1.CO.CO. The number of aliphatic hydroxyl groups excluding tert-OH is 2. The quantitative estimate of drug-likeness (QED) is 0.664. The van der Waals surface area contributed by atoms with Crippen molar-refractivity contribution in [3.8, 4) is 0 Å². The Morgan fingerprint density at radius 1 is 0.833 bits per heavy atom. The first-order valence-electron chi connectivity index (χ1n) is 9.80. The third-order valence-corrected chi connectivity index (χ3v) is 4.10. The van der Waals surface area contributed by atoms with Crippen LogP contribution in [0.15, 0.2) is 30.3 Å². The molecule has 1 aromatic rings. The highest BCUT2D eigenvalue weighted by molar-refractivity contribution is 5.18. The molecule has 1 fully saturated rings. The van der Waals surface area contributed by atoms with E-state index in [-0.39, 0.29) is 0 Å². The summed E-state index contributed by atoms with van der Waals surface area (Å²) in [4.78, 5) is 0. The van der Waals surface area contributed by atoms with Crippen LogP contribution < -0.4 is 0 Å². The maximum absolute atomic E-state index is 7.00. The standard InChI is InChI=1S/C16H24.2C2H6.2CH4O/c1-14(16-10-6-3-7-11-16)12-13-15-8-4-2-5-9-15;4*1-2/h3,6-7,10-11,14-15H,2,4-5,8-9,12-13H2,1H3;2*1-2H3;2*2H,1H3. The van der Waals surface area contributed by atoms with Crippen molar-refractivity contribution in [2.45, 2.75) is 85.5 Å². The molecule has 24 heavy (non-hydrogen) atoms. The second kappa shape index (κ2) is 24.4. The van der Waals surface area contributed by atoms with Crippen LogP contribution >= 0.6 is 0 Å². The lowest BCUT2D eigenvalue weighted by atomic mass is 9.83. The van der Waals surface area contributed by atoms with E-state index in [0.29, 0.717) is 0 Å². The molecule has 0 amide bonds. The summed E-state index contributed by atoms with van der Waals surface area (Å²) in [5, 5.41) is 14.0. The van der Waals surface area contributed by atoms with E-state index in [1.165, 1.54) is 50.5 Å². The van der Waals surface area contributed by atoms with E-state index < -0.39 is 0 Å². The Kier molecular flexibility index (Phi) is 28.4. The molecule has 1 aliphatic rings. The van der Waals surface area contributed by atoms with Gasteiger partial charge in [-0.1, -0.05) is 97.1 Å². The fourth-order valence-electron chi connectivity index (χ4n) is 2.91. The number of aliphatic hydroxyl groups is 2. The maximum atomic E-state index is 7.00. The summed E-state index contributed by atoms with van der Waals surface area (Å²) in [6.07, 6.45) is 10.2. The molecular formula is C22H44O2. The van der Waals surface area contributed by atoms with E-state index in [9.17, 15) is 0 Å². The summed E-state index contributed by atoms with van der Waals surface area (Å²) >= 11 is 0. The molecule has 1 aromatic carbocycles. The van der Waals surface area contributed by atoms with Crippen molar-refractivity contribution in [3.05, 3.63) is 35.9 Å². The van der Waals surface area contributed by atoms with E-state index >= 15 is 0 Å². The second-order valence-corrected chi connectivity index (χ2v) is 5.39. The zero-order valence-electron chi connectivity index (χ0n) is 17.4. The van der Waals surface area contributed by atoms with Gasteiger partial charge >= 0.3 is 0 Å². The average molecular weight is 341 g/mol. The molecule has 144 valence electrons. The van der Waals surface area contributed by atoms with Gasteiger partial charge in [0.05, 0.1) is 0 Å². The molecule has 0 aromatic heterocycles. The third kappa shape index (κ3) is 14.7. The molecule has 1 aliphatic carbocycles. The Balaban J connectivity index is -0.000000484. The maximum Gasteiger partial charge on any atom is 0.0319 e. The summed E-state index contributed by atoms with van der Waals surface area (Å²) in [7, 11) is 2.00. The van der Waals surface area contributed by atoms with Gasteiger partial charge in [0.25, 0.3) is 0 Å². The molecule has 2 N–H and O–H groups in total. The van der Waals surface area contributed by atoms with Crippen molar-refractivity contribution < 1.29 is 10.2 Å². The van der Waals surface area contributed by atoms with Crippen LogP contribution in [0.2, 0.25) is 0 Å². The van der Waals surface area contributed by atoms with Crippen LogP contribution in [0.1, 0.15) is 91.0 Å². The van der Waals surface area contributed by atoms with Gasteiger partial charge in [-0.2, -0.15) is 0 Å². The van der Waals surface area contributed by atoms with Crippen molar-refractivity contribution in [1.29, 1.82) is 0 Å². The summed E-state index contributed by atoms with van der Waals surface area (Å²) < 4.78 is 0. The molecule has 1 atom stereocenters. The first-order valence-corrected chi connectivity index (χ1v) is 9.80. The van der Waals surface area contributed by atoms with Crippen LogP contribution in [0.5, 0.6) is 0 Å². The molecule has 0 radical (unpaired) electrons. The van der Waals surface area contributed by atoms with Crippen LogP contribution in [-0.2, 0) is 0 Å². The molecule has 0 aliphatic heterocycles. The lowest BCUT2D eigenvalue weighted by Crippen LogP contribution is -2.07. The van der Waals surface area contributed by atoms with Crippen molar-refractivity contribution in [1.82, 2.24) is 0 Å². The van der Waals surface area contributed by atoms with Crippen LogP contribution in [-0.4, -0.2) is 24.4 Å². The summed E-state index contributed by atoms with van der Waals surface area (Å²) in [6.45, 7) is 10.4. The topological polar surface area (TPSA) is 40.5 Å². The number of benzene rings is 1. The van der Waals surface area contributed by atoms with Gasteiger partial charge in [-0.25, -0.2) is 0 Å². The number of hydrogen-bond donors (Lipinski definition) is 2. The van der Waals surface area contributed by atoms with Gasteiger partial charge in [0.2, 0.25) is 0 Å². The molecule has 0 saturated heterocycles. The van der Waals surface area contributed by atoms with E-state index in [1.54, 1.807) is 0 Å². The number of hydrogen-bond acceptors (Lipinski definition) is 2. The van der Waals surface area contributed by atoms with Gasteiger partial charge in [0.1, 0.15) is 0 Å². The van der Waals surface area contributed by atoms with Gasteiger partial charge in [0.15, 0.2) is 0 Å². The molecule has 0 heterocycles. The predicted molar refractivity (Wildman–Crippen MR) is 110 cm³/mol. The largest absolute Gasteiger partial charge is 0.400 e. The van der Waals surface area contributed by atoms with E-state index in [2.05, 4.69) is 37.3 Å².